The van der Waals surface area contributed by atoms with E-state index in [-0.39, 0.29) is 12.0 Å². The van der Waals surface area contributed by atoms with Crippen LogP contribution in [0.3, 0.4) is 0 Å². The van der Waals surface area contributed by atoms with Crippen molar-refractivity contribution in [2.75, 3.05) is 13.1 Å². The number of aromatic amines is 1. The zero-order valence-corrected chi connectivity index (χ0v) is 12.5. The number of likely N-dealkylation sites (tertiary alicyclic amines) is 1. The highest BCUT2D eigenvalue weighted by molar-refractivity contribution is 6.99. The highest BCUT2D eigenvalue weighted by Gasteiger charge is 2.29. The zero-order chi connectivity index (χ0) is 14.9. The summed E-state index contributed by atoms with van der Waals surface area (Å²) in [5, 5.41) is 0.959. The number of nitrogens with zero attached hydrogens (tertiary/aromatic N) is 3. The van der Waals surface area contributed by atoms with Gasteiger partial charge in [0, 0.05) is 30.1 Å². The van der Waals surface area contributed by atoms with Crippen LogP contribution in [0.1, 0.15) is 16.8 Å². The van der Waals surface area contributed by atoms with Gasteiger partial charge in [-0.15, -0.1) is 4.37 Å². The number of ether oxygens (including phenoxy) is 1. The maximum atomic E-state index is 12.7. The van der Waals surface area contributed by atoms with E-state index in [1.165, 1.54) is 0 Å². The topological polar surface area (TPSA) is 71.1 Å². The Morgan fingerprint density at radius 3 is 3.18 bits per heavy atom. The summed E-state index contributed by atoms with van der Waals surface area (Å²) in [6, 6.07) is 7.83. The molecule has 1 saturated heterocycles. The first-order valence-electron chi connectivity index (χ1n) is 7.11. The third-order valence-electron chi connectivity index (χ3n) is 3.88. The van der Waals surface area contributed by atoms with Gasteiger partial charge in [-0.2, -0.15) is 4.37 Å². The molecule has 1 atom stereocenters. The Hall–Kier alpha value is -2.41. The Morgan fingerprint density at radius 1 is 1.41 bits per heavy atom. The van der Waals surface area contributed by atoms with Crippen LogP contribution in [-0.4, -0.2) is 43.7 Å². The minimum Gasteiger partial charge on any atom is -0.471 e. The van der Waals surface area contributed by atoms with E-state index in [1.807, 2.05) is 29.2 Å². The van der Waals surface area contributed by atoms with Crippen LogP contribution in [0.15, 0.2) is 36.7 Å². The summed E-state index contributed by atoms with van der Waals surface area (Å²) in [7, 11) is 0. The summed E-state index contributed by atoms with van der Waals surface area (Å²) < 4.78 is 13.7. The van der Waals surface area contributed by atoms with Crippen LogP contribution in [0.25, 0.3) is 10.9 Å². The van der Waals surface area contributed by atoms with Crippen LogP contribution in [0.2, 0.25) is 0 Å². The second-order valence-corrected chi connectivity index (χ2v) is 5.83. The lowest BCUT2D eigenvalue weighted by molar-refractivity contribution is 0.0773. The number of aromatic nitrogens is 3. The molecule has 1 fully saturated rings. The van der Waals surface area contributed by atoms with E-state index in [9.17, 15) is 4.79 Å². The van der Waals surface area contributed by atoms with Crippen molar-refractivity contribution in [2.45, 2.75) is 12.5 Å². The fourth-order valence-corrected chi connectivity index (χ4v) is 3.16. The summed E-state index contributed by atoms with van der Waals surface area (Å²) in [5.41, 5.74) is 1.69. The fraction of sp³-hybridized carbons (Fsp3) is 0.267. The quantitative estimate of drug-likeness (QED) is 0.805. The van der Waals surface area contributed by atoms with Crippen LogP contribution < -0.4 is 4.74 Å². The Labute approximate surface area is 131 Å². The summed E-state index contributed by atoms with van der Waals surface area (Å²) in [5.74, 6) is 0.580. The third kappa shape index (κ3) is 2.33. The van der Waals surface area contributed by atoms with Crippen LogP contribution in [0, 0.1) is 0 Å². The van der Waals surface area contributed by atoms with Gasteiger partial charge in [0.05, 0.1) is 23.8 Å². The predicted octanol–water partition coefficient (Wildman–Crippen LogP) is 2.31. The number of fused-ring (bicyclic) bond motifs is 1. The summed E-state index contributed by atoms with van der Waals surface area (Å²) >= 11 is 1.12. The number of H-pyrrole nitrogens is 1. The highest BCUT2D eigenvalue weighted by atomic mass is 32.1. The second-order valence-electron chi connectivity index (χ2n) is 5.27. The minimum absolute atomic E-state index is 0.0157. The van der Waals surface area contributed by atoms with Crippen molar-refractivity contribution in [3.05, 3.63) is 42.2 Å². The largest absolute Gasteiger partial charge is 0.471 e. The number of carbonyl (C=O) groups excluding carboxylic acids is 1. The van der Waals surface area contributed by atoms with Crippen LogP contribution in [0.5, 0.6) is 5.88 Å². The van der Waals surface area contributed by atoms with Crippen molar-refractivity contribution in [3.8, 4) is 5.88 Å². The number of para-hydroxylation sites is 1. The molecular weight excluding hydrogens is 300 g/mol. The number of rotatable bonds is 3. The minimum atomic E-state index is -0.0157. The van der Waals surface area contributed by atoms with Gasteiger partial charge >= 0.3 is 0 Å². The van der Waals surface area contributed by atoms with Gasteiger partial charge in [0.25, 0.3) is 5.91 Å². The lowest BCUT2D eigenvalue weighted by atomic mass is 10.1. The third-order valence-corrected chi connectivity index (χ3v) is 4.34. The molecule has 3 heterocycles. The zero-order valence-electron chi connectivity index (χ0n) is 11.7. The Morgan fingerprint density at radius 2 is 2.32 bits per heavy atom. The standard InChI is InChI=1S/C15H14N4O2S/c20-15(12-7-16-13-4-2-1-3-11(12)13)19-6-5-10(9-19)21-14-8-17-22-18-14/h1-4,7-8,10,16H,5-6,9H2. The number of carbonyl (C=O) groups is 1. The summed E-state index contributed by atoms with van der Waals surface area (Å²) in [6.45, 7) is 1.27. The Kier molecular flexibility index (Phi) is 3.27. The number of benzene rings is 1. The Balaban J connectivity index is 1.49. The van der Waals surface area contributed by atoms with Gasteiger partial charge in [-0.3, -0.25) is 4.79 Å². The predicted molar refractivity (Wildman–Crippen MR) is 83.1 cm³/mol. The van der Waals surface area contributed by atoms with Crippen molar-refractivity contribution >= 4 is 28.5 Å². The van der Waals surface area contributed by atoms with Gasteiger partial charge in [-0.1, -0.05) is 18.2 Å². The van der Waals surface area contributed by atoms with Gasteiger partial charge < -0.3 is 14.6 Å². The Bertz CT molecular complexity index is 799. The average Bonchev–Trinajstić information content (AvgIpc) is 3.27. The second kappa shape index (κ2) is 5.42. The van der Waals surface area contributed by atoms with Gasteiger partial charge in [0.15, 0.2) is 0 Å². The maximum absolute atomic E-state index is 12.7. The molecule has 0 spiro atoms. The molecule has 22 heavy (non-hydrogen) atoms. The smallest absolute Gasteiger partial charge is 0.256 e. The molecule has 112 valence electrons. The fourth-order valence-electron chi connectivity index (χ4n) is 2.81. The monoisotopic (exact) mass is 314 g/mol. The SMILES string of the molecule is O=C(c1c[nH]c2ccccc12)N1CCC(Oc2cnsn2)C1. The van der Waals surface area contributed by atoms with Crippen LogP contribution in [-0.2, 0) is 0 Å². The molecule has 0 saturated carbocycles. The number of hydrogen-bond donors (Lipinski definition) is 1. The van der Waals surface area contributed by atoms with E-state index < -0.39 is 0 Å². The van der Waals surface area contributed by atoms with Gasteiger partial charge in [-0.25, -0.2) is 0 Å². The summed E-state index contributed by atoms with van der Waals surface area (Å²) in [4.78, 5) is 17.7. The molecule has 1 aromatic carbocycles. The molecular formula is C15H14N4O2S. The van der Waals surface area contributed by atoms with Crippen LogP contribution >= 0.6 is 11.7 Å². The molecule has 2 aromatic heterocycles. The number of hydrogen-bond acceptors (Lipinski definition) is 5. The average molecular weight is 314 g/mol. The highest BCUT2D eigenvalue weighted by Crippen LogP contribution is 2.23. The molecule has 1 unspecified atom stereocenters. The van der Waals surface area contributed by atoms with E-state index in [4.69, 9.17) is 4.74 Å². The van der Waals surface area contributed by atoms with Crippen molar-refractivity contribution in [1.82, 2.24) is 18.6 Å². The van der Waals surface area contributed by atoms with E-state index in [0.29, 0.717) is 24.5 Å². The molecule has 6 nitrogen and oxygen atoms in total. The van der Waals surface area contributed by atoms with Crippen molar-refractivity contribution in [1.29, 1.82) is 0 Å². The first kappa shape index (κ1) is 13.3. The molecule has 0 bridgehead atoms. The molecule has 1 aliphatic rings. The van der Waals surface area contributed by atoms with Gasteiger partial charge in [0.1, 0.15) is 12.3 Å². The normalized spacial score (nSPS) is 18.0. The van der Waals surface area contributed by atoms with Crippen LogP contribution in [0.4, 0.5) is 0 Å². The molecule has 1 N–H and O–H groups in total. The number of nitrogens with one attached hydrogen (secondary N) is 1. The van der Waals surface area contributed by atoms with Crippen molar-refractivity contribution < 1.29 is 9.53 Å². The lowest BCUT2D eigenvalue weighted by Crippen LogP contribution is -2.30. The van der Waals surface area contributed by atoms with E-state index in [1.54, 1.807) is 12.4 Å². The number of amides is 1. The van der Waals surface area contributed by atoms with E-state index >= 15 is 0 Å². The first-order chi connectivity index (χ1) is 10.8. The molecule has 7 heteroatoms. The lowest BCUT2D eigenvalue weighted by Gasteiger charge is -2.16. The molecule has 0 aliphatic carbocycles. The molecule has 4 rings (SSSR count). The molecule has 3 aromatic rings. The van der Waals surface area contributed by atoms with Gasteiger partial charge in [-0.05, 0) is 6.07 Å². The maximum Gasteiger partial charge on any atom is 0.256 e. The van der Waals surface area contributed by atoms with Crippen molar-refractivity contribution in [2.24, 2.45) is 0 Å². The molecule has 1 amide bonds. The molecule has 0 radical (unpaired) electrons. The molecule has 1 aliphatic heterocycles. The van der Waals surface area contributed by atoms with E-state index in [0.717, 1.165) is 29.1 Å². The van der Waals surface area contributed by atoms with Crippen molar-refractivity contribution in [3.63, 3.8) is 0 Å². The summed E-state index contributed by atoms with van der Waals surface area (Å²) in [6.07, 6.45) is 4.18. The van der Waals surface area contributed by atoms with E-state index in [2.05, 4.69) is 13.7 Å². The van der Waals surface area contributed by atoms with Gasteiger partial charge in [0.2, 0.25) is 5.88 Å². The first-order valence-corrected chi connectivity index (χ1v) is 7.84.